The number of halogens is 2. The number of benzene rings is 1. The van der Waals surface area contributed by atoms with Gasteiger partial charge in [0, 0.05) is 29.1 Å². The van der Waals surface area contributed by atoms with Gasteiger partial charge in [-0.2, -0.15) is 0 Å². The first-order valence-corrected chi connectivity index (χ1v) is 6.85. The van der Waals surface area contributed by atoms with E-state index in [4.69, 9.17) is 0 Å². The Labute approximate surface area is 119 Å². The molecule has 1 aromatic carbocycles. The minimum absolute atomic E-state index is 0.0335. The molecule has 1 aromatic rings. The molecule has 0 radical (unpaired) electrons. The molecule has 0 atom stereocenters. The Morgan fingerprint density at radius 3 is 2.35 bits per heavy atom. The third-order valence-corrected chi connectivity index (χ3v) is 3.54. The summed E-state index contributed by atoms with van der Waals surface area (Å²) in [6.45, 7) is 1.57. The molecule has 0 fully saturated rings. The van der Waals surface area contributed by atoms with Crippen molar-refractivity contribution in [3.63, 3.8) is 0 Å². The van der Waals surface area contributed by atoms with Gasteiger partial charge in [-0.3, -0.25) is 4.79 Å². The smallest absolute Gasteiger partial charge is 0.254 e. The van der Waals surface area contributed by atoms with Gasteiger partial charge in [-0.05, 0) is 48.2 Å². The van der Waals surface area contributed by atoms with Crippen LogP contribution in [0.15, 0.2) is 27.1 Å². The number of nitrogens with zero attached hydrogens (tertiary/aromatic N) is 2. The second-order valence-corrected chi connectivity index (χ2v) is 5.92. The predicted octanol–water partition coefficient (Wildman–Crippen LogP) is 2.85. The molecule has 17 heavy (non-hydrogen) atoms. The summed E-state index contributed by atoms with van der Waals surface area (Å²) in [5.41, 5.74) is 0.689. The average molecular weight is 364 g/mol. The molecule has 0 heterocycles. The fourth-order valence-corrected chi connectivity index (χ4v) is 2.54. The van der Waals surface area contributed by atoms with E-state index in [9.17, 15) is 4.79 Å². The summed E-state index contributed by atoms with van der Waals surface area (Å²) in [4.78, 5) is 15.9. The normalized spacial score (nSPS) is 10.7. The monoisotopic (exact) mass is 362 g/mol. The van der Waals surface area contributed by atoms with Crippen LogP contribution in [-0.4, -0.2) is 49.9 Å². The number of rotatable bonds is 4. The maximum Gasteiger partial charge on any atom is 0.254 e. The molecular weight excluding hydrogens is 348 g/mol. The van der Waals surface area contributed by atoms with Crippen molar-refractivity contribution in [1.29, 1.82) is 0 Å². The maximum absolute atomic E-state index is 12.2. The molecule has 0 aliphatic carbocycles. The van der Waals surface area contributed by atoms with E-state index < -0.39 is 0 Å². The van der Waals surface area contributed by atoms with Crippen molar-refractivity contribution in [3.8, 4) is 0 Å². The number of hydrogen-bond donors (Lipinski definition) is 0. The molecule has 0 aliphatic heterocycles. The van der Waals surface area contributed by atoms with Crippen molar-refractivity contribution in [1.82, 2.24) is 9.80 Å². The summed E-state index contributed by atoms with van der Waals surface area (Å²) in [6, 6.07) is 5.58. The van der Waals surface area contributed by atoms with Crippen LogP contribution >= 0.6 is 31.9 Å². The molecule has 0 aromatic heterocycles. The van der Waals surface area contributed by atoms with Gasteiger partial charge in [-0.25, -0.2) is 0 Å². The molecule has 0 saturated carbocycles. The third-order valence-electron chi connectivity index (χ3n) is 2.39. The van der Waals surface area contributed by atoms with E-state index in [1.165, 1.54) is 0 Å². The third kappa shape index (κ3) is 4.41. The summed E-state index contributed by atoms with van der Waals surface area (Å²) in [6.07, 6.45) is 0. The van der Waals surface area contributed by atoms with Crippen LogP contribution in [-0.2, 0) is 0 Å². The van der Waals surface area contributed by atoms with Crippen molar-refractivity contribution in [2.75, 3.05) is 34.2 Å². The highest BCUT2D eigenvalue weighted by Gasteiger charge is 2.14. The summed E-state index contributed by atoms with van der Waals surface area (Å²) in [5.74, 6) is 0.0335. The van der Waals surface area contributed by atoms with Crippen LogP contribution in [0.2, 0.25) is 0 Å². The van der Waals surface area contributed by atoms with Gasteiger partial charge >= 0.3 is 0 Å². The molecule has 1 amide bonds. The van der Waals surface area contributed by atoms with Crippen LogP contribution in [0.25, 0.3) is 0 Å². The predicted molar refractivity (Wildman–Crippen MR) is 77.4 cm³/mol. The first-order chi connectivity index (χ1) is 7.91. The fourth-order valence-electron chi connectivity index (χ4n) is 1.32. The zero-order valence-electron chi connectivity index (χ0n) is 10.2. The molecule has 0 spiro atoms. The van der Waals surface area contributed by atoms with Crippen LogP contribution in [0.1, 0.15) is 10.4 Å². The minimum Gasteiger partial charge on any atom is -0.340 e. The zero-order chi connectivity index (χ0) is 13.0. The first kappa shape index (κ1) is 14.7. The summed E-state index contributed by atoms with van der Waals surface area (Å²) >= 11 is 6.78. The molecule has 94 valence electrons. The van der Waals surface area contributed by atoms with E-state index in [2.05, 4.69) is 36.8 Å². The highest BCUT2D eigenvalue weighted by atomic mass is 79.9. The second-order valence-electron chi connectivity index (χ2n) is 4.15. The lowest BCUT2D eigenvalue weighted by atomic mass is 10.2. The van der Waals surface area contributed by atoms with Gasteiger partial charge in [-0.15, -0.1) is 0 Å². The standard InChI is InChI=1S/C12H16Br2N2O/c1-15(2)6-7-16(3)12(17)10-5-4-9(13)8-11(10)14/h4-5,8H,6-7H2,1-3H3. The molecule has 0 bridgehead atoms. The molecule has 0 N–H and O–H groups in total. The molecule has 1 rings (SSSR count). The zero-order valence-corrected chi connectivity index (χ0v) is 13.4. The van der Waals surface area contributed by atoms with Crippen molar-refractivity contribution in [2.45, 2.75) is 0 Å². The van der Waals surface area contributed by atoms with E-state index in [1.807, 2.05) is 39.3 Å². The SMILES string of the molecule is CN(C)CCN(C)C(=O)c1ccc(Br)cc1Br. The van der Waals surface area contributed by atoms with Crippen molar-refractivity contribution in [3.05, 3.63) is 32.7 Å². The molecule has 0 unspecified atom stereocenters. The molecule has 5 heteroatoms. The van der Waals surface area contributed by atoms with Crippen molar-refractivity contribution in [2.24, 2.45) is 0 Å². The van der Waals surface area contributed by atoms with E-state index in [0.29, 0.717) is 12.1 Å². The average Bonchev–Trinajstić information content (AvgIpc) is 2.25. The van der Waals surface area contributed by atoms with E-state index in [0.717, 1.165) is 15.5 Å². The van der Waals surface area contributed by atoms with Gasteiger partial charge in [0.2, 0.25) is 0 Å². The quantitative estimate of drug-likeness (QED) is 0.821. The Kier molecular flexibility index (Phi) is 5.62. The van der Waals surface area contributed by atoms with Gasteiger partial charge in [-0.1, -0.05) is 15.9 Å². The second kappa shape index (κ2) is 6.52. The number of amides is 1. The van der Waals surface area contributed by atoms with Gasteiger partial charge in [0.15, 0.2) is 0 Å². The summed E-state index contributed by atoms with van der Waals surface area (Å²) in [5, 5.41) is 0. The summed E-state index contributed by atoms with van der Waals surface area (Å²) < 4.78 is 1.77. The van der Waals surface area contributed by atoms with Gasteiger partial charge < -0.3 is 9.80 Å². The Hall–Kier alpha value is -0.390. The van der Waals surface area contributed by atoms with Crippen molar-refractivity contribution >= 4 is 37.8 Å². The highest BCUT2D eigenvalue weighted by molar-refractivity contribution is 9.11. The molecule has 0 saturated heterocycles. The molecule has 3 nitrogen and oxygen atoms in total. The van der Waals surface area contributed by atoms with Crippen LogP contribution in [0, 0.1) is 0 Å². The fraction of sp³-hybridized carbons (Fsp3) is 0.417. The lowest BCUT2D eigenvalue weighted by molar-refractivity contribution is 0.0785. The summed E-state index contributed by atoms with van der Waals surface area (Å²) in [7, 11) is 5.81. The Morgan fingerprint density at radius 1 is 1.18 bits per heavy atom. The highest BCUT2D eigenvalue weighted by Crippen LogP contribution is 2.22. The number of hydrogen-bond acceptors (Lipinski definition) is 2. The number of carbonyl (C=O) groups excluding carboxylic acids is 1. The van der Waals surface area contributed by atoms with E-state index >= 15 is 0 Å². The number of carbonyl (C=O) groups is 1. The topological polar surface area (TPSA) is 23.6 Å². The van der Waals surface area contributed by atoms with Crippen LogP contribution in [0.3, 0.4) is 0 Å². The van der Waals surface area contributed by atoms with E-state index in [1.54, 1.807) is 4.90 Å². The number of likely N-dealkylation sites (N-methyl/N-ethyl adjacent to an activating group) is 2. The molecule has 0 aliphatic rings. The molecular formula is C12H16Br2N2O. The van der Waals surface area contributed by atoms with Crippen LogP contribution in [0.4, 0.5) is 0 Å². The van der Waals surface area contributed by atoms with Gasteiger partial charge in [0.05, 0.1) is 5.56 Å². The van der Waals surface area contributed by atoms with Crippen LogP contribution < -0.4 is 0 Å². The van der Waals surface area contributed by atoms with Crippen LogP contribution in [0.5, 0.6) is 0 Å². The van der Waals surface area contributed by atoms with E-state index in [-0.39, 0.29) is 5.91 Å². The first-order valence-electron chi connectivity index (χ1n) is 5.27. The Bertz CT molecular complexity index is 407. The van der Waals surface area contributed by atoms with Gasteiger partial charge in [0.25, 0.3) is 5.91 Å². The van der Waals surface area contributed by atoms with Gasteiger partial charge in [0.1, 0.15) is 0 Å². The van der Waals surface area contributed by atoms with Crippen molar-refractivity contribution < 1.29 is 4.79 Å². The minimum atomic E-state index is 0.0335. The Balaban J connectivity index is 2.75. The Morgan fingerprint density at radius 2 is 1.82 bits per heavy atom. The largest absolute Gasteiger partial charge is 0.340 e. The lowest BCUT2D eigenvalue weighted by Crippen LogP contribution is -2.33. The maximum atomic E-state index is 12.2. The lowest BCUT2D eigenvalue weighted by Gasteiger charge is -2.20.